The quantitative estimate of drug-likeness (QED) is 0.175. The van der Waals surface area contributed by atoms with Crippen LogP contribution in [-0.2, 0) is 30.3 Å². The standard InChI is InChI=1S/C38H53N3O6S/c1-12-27-21-17-18-22-28(27)31(32(42)39-30(34(44)46-36(3,4)5)25-26-19-15-14-16-20-26)41(38(9,10)13-2)33(43)29(23-24-48-11)40-35(45)47-37(6,7)8/h1,14-22,29-31H,13,23-25H2,2-11H3,(H,39,42)(H,40,45). The molecule has 0 aliphatic carbocycles. The van der Waals surface area contributed by atoms with Gasteiger partial charge in [-0.05, 0) is 97.4 Å². The van der Waals surface area contributed by atoms with Crippen molar-refractivity contribution in [1.82, 2.24) is 15.5 Å². The first-order valence-corrected chi connectivity index (χ1v) is 17.7. The topological polar surface area (TPSA) is 114 Å². The summed E-state index contributed by atoms with van der Waals surface area (Å²) in [7, 11) is 0. The van der Waals surface area contributed by atoms with Crippen molar-refractivity contribution in [1.29, 1.82) is 0 Å². The van der Waals surface area contributed by atoms with Crippen LogP contribution in [0.25, 0.3) is 0 Å². The van der Waals surface area contributed by atoms with Crippen molar-refractivity contribution in [2.45, 2.75) is 116 Å². The molecule has 0 radical (unpaired) electrons. The summed E-state index contributed by atoms with van der Waals surface area (Å²) < 4.78 is 11.2. The van der Waals surface area contributed by atoms with Crippen molar-refractivity contribution in [3.8, 4) is 12.3 Å². The Labute approximate surface area is 291 Å². The van der Waals surface area contributed by atoms with E-state index < -0.39 is 58.7 Å². The molecular formula is C38H53N3O6S. The molecule has 2 N–H and O–H groups in total. The van der Waals surface area contributed by atoms with Crippen LogP contribution in [0.4, 0.5) is 4.79 Å². The Morgan fingerprint density at radius 2 is 1.44 bits per heavy atom. The molecule has 2 aromatic carbocycles. The van der Waals surface area contributed by atoms with Crippen LogP contribution in [0.15, 0.2) is 54.6 Å². The number of amides is 3. The van der Waals surface area contributed by atoms with Crippen LogP contribution in [0, 0.1) is 12.3 Å². The zero-order valence-corrected chi connectivity index (χ0v) is 31.0. The smallest absolute Gasteiger partial charge is 0.408 e. The number of esters is 1. The minimum Gasteiger partial charge on any atom is -0.458 e. The maximum atomic E-state index is 14.8. The molecule has 3 amide bonds. The number of terminal acetylenes is 1. The van der Waals surface area contributed by atoms with E-state index in [4.69, 9.17) is 15.9 Å². The van der Waals surface area contributed by atoms with Gasteiger partial charge in [-0.2, -0.15) is 11.8 Å². The van der Waals surface area contributed by atoms with Crippen molar-refractivity contribution >= 4 is 35.6 Å². The lowest BCUT2D eigenvalue weighted by Crippen LogP contribution is -2.60. The molecular weight excluding hydrogens is 626 g/mol. The molecule has 2 rings (SSSR count). The van der Waals surface area contributed by atoms with Gasteiger partial charge in [0.05, 0.1) is 0 Å². The van der Waals surface area contributed by atoms with Crippen LogP contribution in [0.1, 0.15) is 97.9 Å². The van der Waals surface area contributed by atoms with Gasteiger partial charge in [0.25, 0.3) is 0 Å². The monoisotopic (exact) mass is 679 g/mol. The summed E-state index contributed by atoms with van der Waals surface area (Å²) in [6.07, 6.45) is 8.02. The Kier molecular flexibility index (Phi) is 14.6. The van der Waals surface area contributed by atoms with Crippen LogP contribution >= 0.6 is 11.8 Å². The highest BCUT2D eigenvalue weighted by Gasteiger charge is 2.44. The molecule has 0 aromatic heterocycles. The number of nitrogens with zero attached hydrogens (tertiary/aromatic N) is 1. The summed E-state index contributed by atoms with van der Waals surface area (Å²) in [5.41, 5.74) is -0.862. The number of alkyl carbamates (subject to hydrolysis) is 1. The Hall–Kier alpha value is -3.97. The van der Waals surface area contributed by atoms with Gasteiger partial charge in [-0.3, -0.25) is 9.59 Å². The zero-order chi connectivity index (χ0) is 36.3. The van der Waals surface area contributed by atoms with Crippen molar-refractivity contribution in [3.05, 3.63) is 71.3 Å². The average Bonchev–Trinajstić information content (AvgIpc) is 2.99. The summed E-state index contributed by atoms with van der Waals surface area (Å²) in [4.78, 5) is 57.6. The molecule has 0 spiro atoms. The maximum Gasteiger partial charge on any atom is 0.408 e. The van der Waals surface area contributed by atoms with Gasteiger partial charge in [0.15, 0.2) is 0 Å². The fourth-order valence-corrected chi connectivity index (χ4v) is 5.46. The Balaban J connectivity index is 2.75. The van der Waals surface area contributed by atoms with Gasteiger partial charge in [-0.25, -0.2) is 9.59 Å². The van der Waals surface area contributed by atoms with Crippen molar-refractivity contribution in [2.75, 3.05) is 12.0 Å². The van der Waals surface area contributed by atoms with Crippen LogP contribution in [-0.4, -0.2) is 69.6 Å². The Morgan fingerprint density at radius 1 is 0.854 bits per heavy atom. The molecule has 48 heavy (non-hydrogen) atoms. The van der Waals surface area contributed by atoms with Gasteiger partial charge in [0, 0.05) is 17.5 Å². The summed E-state index contributed by atoms with van der Waals surface area (Å²) >= 11 is 1.53. The minimum atomic E-state index is -1.27. The van der Waals surface area contributed by atoms with Gasteiger partial charge < -0.3 is 25.0 Å². The molecule has 3 atom stereocenters. The molecule has 0 bridgehead atoms. The number of carbonyl (C=O) groups is 4. The molecule has 2 aromatic rings. The van der Waals surface area contributed by atoms with Crippen molar-refractivity contribution < 1.29 is 28.7 Å². The number of carbonyl (C=O) groups excluding carboxylic acids is 4. The molecule has 3 unspecified atom stereocenters. The van der Waals surface area contributed by atoms with E-state index in [0.717, 1.165) is 5.56 Å². The predicted molar refractivity (Wildman–Crippen MR) is 192 cm³/mol. The highest BCUT2D eigenvalue weighted by Crippen LogP contribution is 2.34. The fourth-order valence-electron chi connectivity index (χ4n) is 4.99. The molecule has 0 aliphatic rings. The normalized spacial score (nSPS) is 13.7. The van der Waals surface area contributed by atoms with Gasteiger partial charge >= 0.3 is 12.1 Å². The summed E-state index contributed by atoms with van der Waals surface area (Å²) in [6.45, 7) is 16.1. The van der Waals surface area contributed by atoms with Gasteiger partial charge in [0.1, 0.15) is 29.3 Å². The zero-order valence-electron chi connectivity index (χ0n) is 30.1. The van der Waals surface area contributed by atoms with Crippen LogP contribution < -0.4 is 10.6 Å². The van der Waals surface area contributed by atoms with Gasteiger partial charge in [0.2, 0.25) is 11.8 Å². The van der Waals surface area contributed by atoms with E-state index in [1.165, 1.54) is 16.7 Å². The lowest BCUT2D eigenvalue weighted by Gasteiger charge is -2.45. The SMILES string of the molecule is C#Cc1ccccc1C(C(=O)NC(Cc1ccccc1)C(=O)OC(C)(C)C)N(C(=O)C(CCSC)NC(=O)OC(C)(C)C)C(C)(C)CC. The van der Waals surface area contributed by atoms with Gasteiger partial charge in [-0.1, -0.05) is 61.4 Å². The first kappa shape index (κ1) is 40.2. The van der Waals surface area contributed by atoms with Crippen LogP contribution in [0.3, 0.4) is 0 Å². The number of ether oxygens (including phenoxy) is 2. The van der Waals surface area contributed by atoms with E-state index in [2.05, 4.69) is 16.6 Å². The molecule has 262 valence electrons. The second-order valence-electron chi connectivity index (χ2n) is 14.3. The summed E-state index contributed by atoms with van der Waals surface area (Å²) in [5, 5.41) is 5.70. The first-order valence-electron chi connectivity index (χ1n) is 16.3. The largest absolute Gasteiger partial charge is 0.458 e. The van der Waals surface area contributed by atoms with E-state index >= 15 is 0 Å². The number of hydrogen-bond acceptors (Lipinski definition) is 7. The Bertz CT molecular complexity index is 1440. The molecule has 0 saturated heterocycles. The number of nitrogens with one attached hydrogen (secondary N) is 2. The average molecular weight is 680 g/mol. The number of thioether (sulfide) groups is 1. The highest BCUT2D eigenvalue weighted by molar-refractivity contribution is 7.98. The minimum absolute atomic E-state index is 0.159. The summed E-state index contributed by atoms with van der Waals surface area (Å²) in [6, 6.07) is 12.9. The second-order valence-corrected chi connectivity index (χ2v) is 15.3. The molecule has 10 heteroatoms. The maximum absolute atomic E-state index is 14.8. The molecule has 0 fully saturated rings. The Morgan fingerprint density at radius 3 is 1.98 bits per heavy atom. The molecule has 0 aliphatic heterocycles. The molecule has 0 heterocycles. The lowest BCUT2D eigenvalue weighted by molar-refractivity contribution is -0.159. The third-order valence-electron chi connectivity index (χ3n) is 7.56. The molecule has 9 nitrogen and oxygen atoms in total. The van der Waals surface area contributed by atoms with E-state index in [1.54, 1.807) is 65.8 Å². The fraction of sp³-hybridized carbons (Fsp3) is 0.526. The third kappa shape index (κ3) is 12.2. The second kappa shape index (κ2) is 17.4. The highest BCUT2D eigenvalue weighted by atomic mass is 32.2. The van der Waals surface area contributed by atoms with E-state index in [1.807, 2.05) is 57.4 Å². The molecule has 0 saturated carbocycles. The number of benzene rings is 2. The summed E-state index contributed by atoms with van der Waals surface area (Å²) in [5.74, 6) is 1.52. The van der Waals surface area contributed by atoms with Crippen molar-refractivity contribution in [2.24, 2.45) is 0 Å². The van der Waals surface area contributed by atoms with E-state index in [0.29, 0.717) is 23.3 Å². The van der Waals surface area contributed by atoms with Crippen LogP contribution in [0.5, 0.6) is 0 Å². The third-order valence-corrected chi connectivity index (χ3v) is 8.21. The predicted octanol–water partition coefficient (Wildman–Crippen LogP) is 6.44. The van der Waals surface area contributed by atoms with E-state index in [9.17, 15) is 19.2 Å². The first-order chi connectivity index (χ1) is 22.3. The van der Waals surface area contributed by atoms with Gasteiger partial charge in [-0.15, -0.1) is 6.42 Å². The van der Waals surface area contributed by atoms with E-state index in [-0.39, 0.29) is 12.8 Å². The lowest BCUT2D eigenvalue weighted by atomic mass is 9.89. The number of hydrogen-bond donors (Lipinski definition) is 2. The van der Waals surface area contributed by atoms with Crippen LogP contribution in [0.2, 0.25) is 0 Å². The van der Waals surface area contributed by atoms with Crippen molar-refractivity contribution in [3.63, 3.8) is 0 Å². The number of rotatable bonds is 14.